The van der Waals surface area contributed by atoms with Crippen molar-refractivity contribution in [1.82, 2.24) is 0 Å². The molecule has 1 amide bonds. The van der Waals surface area contributed by atoms with Crippen LogP contribution in [0.15, 0.2) is 66.7 Å². The number of carbonyl (C=O) groups is 2. The summed E-state index contributed by atoms with van der Waals surface area (Å²) in [6.07, 6.45) is -0.586. The molecule has 0 saturated carbocycles. The Morgan fingerprint density at radius 1 is 1.03 bits per heavy atom. The molecule has 1 N–H and O–H groups in total. The van der Waals surface area contributed by atoms with Gasteiger partial charge in [0.15, 0.2) is 11.4 Å². The number of aliphatic hydroxyl groups is 1. The van der Waals surface area contributed by atoms with E-state index in [1.165, 1.54) is 29.2 Å². The quantitative estimate of drug-likeness (QED) is 0.313. The Kier molecular flexibility index (Phi) is 5.73. The zero-order valence-electron chi connectivity index (χ0n) is 16.5. The van der Waals surface area contributed by atoms with Crippen molar-refractivity contribution < 1.29 is 19.6 Å². The molecule has 0 saturated heterocycles. The van der Waals surface area contributed by atoms with Crippen LogP contribution in [-0.4, -0.2) is 21.7 Å². The van der Waals surface area contributed by atoms with Crippen LogP contribution in [0.1, 0.15) is 27.9 Å². The van der Waals surface area contributed by atoms with Crippen LogP contribution in [-0.2, 0) is 16.9 Å². The molecule has 7 nitrogen and oxygen atoms in total. The van der Waals surface area contributed by atoms with Crippen molar-refractivity contribution in [3.8, 4) is 0 Å². The second kappa shape index (κ2) is 8.35. The summed E-state index contributed by atoms with van der Waals surface area (Å²) in [4.78, 5) is 38.1. The van der Waals surface area contributed by atoms with Gasteiger partial charge in [0.05, 0.1) is 23.6 Å². The van der Waals surface area contributed by atoms with Gasteiger partial charge < -0.3 is 10.0 Å². The predicted molar refractivity (Wildman–Crippen MR) is 120 cm³/mol. The fourth-order valence-corrected chi connectivity index (χ4v) is 4.05. The first-order chi connectivity index (χ1) is 15.2. The molecule has 0 spiro atoms. The van der Waals surface area contributed by atoms with Gasteiger partial charge in [-0.25, -0.2) is 0 Å². The lowest BCUT2D eigenvalue weighted by Gasteiger charge is -2.23. The normalized spacial score (nSPS) is 17.3. The van der Waals surface area contributed by atoms with Crippen molar-refractivity contribution in [2.75, 3.05) is 4.90 Å². The monoisotopic (exact) mass is 470 g/mol. The zero-order chi connectivity index (χ0) is 23.0. The maximum Gasteiger partial charge on any atom is 0.270 e. The Morgan fingerprint density at radius 2 is 1.72 bits per heavy atom. The molecule has 0 radical (unpaired) electrons. The van der Waals surface area contributed by atoms with E-state index in [9.17, 15) is 24.8 Å². The van der Waals surface area contributed by atoms with Gasteiger partial charge in [-0.1, -0.05) is 47.5 Å². The predicted octanol–water partition coefficient (Wildman–Crippen LogP) is 4.91. The minimum Gasteiger partial charge on any atom is -0.375 e. The molecule has 1 atom stereocenters. The third kappa shape index (κ3) is 3.98. The van der Waals surface area contributed by atoms with Crippen LogP contribution in [0, 0.1) is 10.1 Å². The fraction of sp³-hybridized carbons (Fsp3) is 0.130. The van der Waals surface area contributed by atoms with E-state index in [0.29, 0.717) is 15.7 Å². The number of benzene rings is 3. The summed E-state index contributed by atoms with van der Waals surface area (Å²) in [6, 6.07) is 16.7. The lowest BCUT2D eigenvalue weighted by Crippen LogP contribution is -2.41. The maximum atomic E-state index is 13.4. The van der Waals surface area contributed by atoms with Crippen molar-refractivity contribution in [3.05, 3.63) is 104 Å². The highest BCUT2D eigenvalue weighted by Gasteiger charge is 2.51. The van der Waals surface area contributed by atoms with E-state index in [1.807, 2.05) is 0 Å². The van der Waals surface area contributed by atoms with E-state index in [1.54, 1.807) is 36.4 Å². The van der Waals surface area contributed by atoms with Gasteiger partial charge in [0, 0.05) is 33.3 Å². The van der Waals surface area contributed by atoms with Gasteiger partial charge in [-0.3, -0.25) is 19.7 Å². The molecule has 3 aromatic carbocycles. The number of hydrogen-bond acceptors (Lipinski definition) is 5. The molecule has 32 heavy (non-hydrogen) atoms. The molecule has 4 rings (SSSR count). The molecule has 0 aliphatic carbocycles. The summed E-state index contributed by atoms with van der Waals surface area (Å²) >= 11 is 12.0. The summed E-state index contributed by atoms with van der Waals surface area (Å²) < 4.78 is 0. The summed E-state index contributed by atoms with van der Waals surface area (Å²) in [7, 11) is 0. The minimum atomic E-state index is -2.16. The lowest BCUT2D eigenvalue weighted by atomic mass is 9.88. The van der Waals surface area contributed by atoms with Crippen LogP contribution in [0.25, 0.3) is 0 Å². The number of nitro benzene ring substituents is 1. The number of halogens is 2. The Hall–Kier alpha value is -3.26. The van der Waals surface area contributed by atoms with Crippen molar-refractivity contribution in [3.63, 3.8) is 0 Å². The van der Waals surface area contributed by atoms with Gasteiger partial charge in [0.25, 0.3) is 11.6 Å². The molecular weight excluding hydrogens is 455 g/mol. The standard InChI is InChI=1S/C23H16Cl2N2O5/c24-16-6-4-14(5-7-16)13-26-20-9-8-17(25)11-19(20)23(30,22(26)29)12-21(28)15-2-1-3-18(10-15)27(31)32/h1-11,30H,12-13H2. The average Bonchev–Trinajstić information content (AvgIpc) is 2.96. The minimum absolute atomic E-state index is 0.0279. The van der Waals surface area contributed by atoms with Crippen LogP contribution in [0.3, 0.4) is 0 Å². The number of non-ortho nitro benzene ring substituents is 1. The highest BCUT2D eigenvalue weighted by molar-refractivity contribution is 6.31. The number of carbonyl (C=O) groups excluding carboxylic acids is 2. The summed E-state index contributed by atoms with van der Waals surface area (Å²) in [5, 5.41) is 23.3. The van der Waals surface area contributed by atoms with E-state index < -0.39 is 28.6 Å². The summed E-state index contributed by atoms with van der Waals surface area (Å²) in [5.41, 5.74) is -0.966. The molecule has 1 unspecified atom stereocenters. The first-order valence-electron chi connectivity index (χ1n) is 9.55. The van der Waals surface area contributed by atoms with E-state index in [2.05, 4.69) is 0 Å². The first-order valence-corrected chi connectivity index (χ1v) is 10.3. The largest absolute Gasteiger partial charge is 0.375 e. The SMILES string of the molecule is O=C(CC1(O)C(=O)N(Cc2ccc(Cl)cc2)c2ccc(Cl)cc21)c1cccc([N+](=O)[O-])c1. The smallest absolute Gasteiger partial charge is 0.270 e. The van der Waals surface area contributed by atoms with Crippen LogP contribution in [0.5, 0.6) is 0 Å². The van der Waals surface area contributed by atoms with Gasteiger partial charge >= 0.3 is 0 Å². The van der Waals surface area contributed by atoms with Crippen molar-refractivity contribution in [2.24, 2.45) is 0 Å². The Bertz CT molecular complexity index is 1250. The molecule has 0 bridgehead atoms. The van der Waals surface area contributed by atoms with Gasteiger partial charge in [0.2, 0.25) is 0 Å². The third-order valence-electron chi connectivity index (χ3n) is 5.34. The van der Waals surface area contributed by atoms with E-state index in [-0.39, 0.29) is 23.4 Å². The number of rotatable bonds is 6. The molecule has 1 heterocycles. The molecule has 0 aromatic heterocycles. The van der Waals surface area contributed by atoms with Crippen LogP contribution < -0.4 is 4.90 Å². The third-order valence-corrected chi connectivity index (χ3v) is 5.83. The molecule has 162 valence electrons. The second-order valence-electron chi connectivity index (χ2n) is 7.45. The first kappa shape index (κ1) is 22.0. The highest BCUT2D eigenvalue weighted by Crippen LogP contribution is 2.44. The Morgan fingerprint density at radius 3 is 2.41 bits per heavy atom. The number of nitrogens with zero attached hydrogens (tertiary/aromatic N) is 2. The number of hydrogen-bond donors (Lipinski definition) is 1. The Labute approximate surface area is 193 Å². The zero-order valence-corrected chi connectivity index (χ0v) is 18.0. The molecule has 3 aromatic rings. The van der Waals surface area contributed by atoms with Crippen molar-refractivity contribution in [2.45, 2.75) is 18.6 Å². The number of anilines is 1. The molecule has 0 fully saturated rings. The van der Waals surface area contributed by atoms with E-state index in [0.717, 1.165) is 11.6 Å². The Balaban J connectivity index is 1.70. The van der Waals surface area contributed by atoms with Crippen LogP contribution >= 0.6 is 23.2 Å². The van der Waals surface area contributed by atoms with Crippen molar-refractivity contribution in [1.29, 1.82) is 0 Å². The molecule has 1 aliphatic rings. The van der Waals surface area contributed by atoms with Gasteiger partial charge in [-0.2, -0.15) is 0 Å². The summed E-state index contributed by atoms with van der Waals surface area (Å²) in [6.45, 7) is 0.151. The van der Waals surface area contributed by atoms with Gasteiger partial charge in [0.1, 0.15) is 0 Å². The number of Topliss-reactive ketones (excluding diaryl/α,β-unsaturated/α-hetero) is 1. The van der Waals surface area contributed by atoms with Gasteiger partial charge in [-0.15, -0.1) is 0 Å². The molecule has 9 heteroatoms. The molecular formula is C23H16Cl2N2O5. The van der Waals surface area contributed by atoms with Crippen molar-refractivity contribution >= 4 is 46.3 Å². The topological polar surface area (TPSA) is 101 Å². The average molecular weight is 471 g/mol. The lowest BCUT2D eigenvalue weighted by molar-refractivity contribution is -0.384. The van der Waals surface area contributed by atoms with Gasteiger partial charge in [-0.05, 0) is 35.9 Å². The fourth-order valence-electron chi connectivity index (χ4n) is 3.75. The highest BCUT2D eigenvalue weighted by atomic mass is 35.5. The number of nitro groups is 1. The number of fused-ring (bicyclic) bond motifs is 1. The maximum absolute atomic E-state index is 13.4. The number of amides is 1. The summed E-state index contributed by atoms with van der Waals surface area (Å²) in [5.74, 6) is -1.28. The molecule has 1 aliphatic heterocycles. The van der Waals surface area contributed by atoms with Crippen LogP contribution in [0.4, 0.5) is 11.4 Å². The van der Waals surface area contributed by atoms with E-state index in [4.69, 9.17) is 23.2 Å². The number of ketones is 1. The second-order valence-corrected chi connectivity index (χ2v) is 8.32. The van der Waals surface area contributed by atoms with Crippen LogP contribution in [0.2, 0.25) is 10.0 Å². The van der Waals surface area contributed by atoms with E-state index >= 15 is 0 Å².